The zero-order chi connectivity index (χ0) is 12.1. The molecule has 0 aliphatic heterocycles. The van der Waals surface area contributed by atoms with Gasteiger partial charge in [0, 0.05) is 16.5 Å². The number of rotatable bonds is 3. The number of Topliss-reactive ketones (excluding diaryl/α,β-unsaturated/α-hetero) is 1. The van der Waals surface area contributed by atoms with Crippen LogP contribution in [-0.4, -0.2) is 10.9 Å². The van der Waals surface area contributed by atoms with Crippen molar-refractivity contribution in [1.82, 2.24) is 0 Å². The van der Waals surface area contributed by atoms with Crippen molar-refractivity contribution in [2.75, 3.05) is 0 Å². The highest BCUT2D eigenvalue weighted by Gasteiger charge is 2.14. The topological polar surface area (TPSA) is 61.1 Å². The highest BCUT2D eigenvalue weighted by Crippen LogP contribution is 2.19. The van der Waals surface area contributed by atoms with Gasteiger partial charge in [-0.1, -0.05) is 35.0 Å². The van der Waals surface area contributed by atoms with Crippen molar-refractivity contribution in [2.24, 2.45) is 0 Å². The second kappa shape index (κ2) is 5.47. The molecule has 0 fully saturated rings. The van der Waals surface area contributed by atoms with Gasteiger partial charge in [0.05, 0.1) is 0 Å². The van der Waals surface area contributed by atoms with Crippen molar-refractivity contribution in [3.05, 3.63) is 39.9 Å². The first-order chi connectivity index (χ1) is 7.60. The molecule has 0 unspecified atom stereocenters. The number of benzene rings is 1. The van der Waals surface area contributed by atoms with E-state index >= 15 is 0 Å². The molecule has 3 nitrogen and oxygen atoms in total. The fourth-order valence-electron chi connectivity index (χ4n) is 1.18. The van der Waals surface area contributed by atoms with Crippen LogP contribution in [0.1, 0.15) is 18.9 Å². The quantitative estimate of drug-likeness (QED) is 0.525. The summed E-state index contributed by atoms with van der Waals surface area (Å²) in [6.07, 6.45) is 0.198. The van der Waals surface area contributed by atoms with Crippen LogP contribution in [0.2, 0.25) is 0 Å². The third-order valence-electron chi connectivity index (χ3n) is 2.07. The predicted octanol–water partition coefficient (Wildman–Crippen LogP) is 3.22. The Labute approximate surface area is 102 Å². The number of nitrogens with zero attached hydrogens (tertiary/aromatic N) is 1. The molecule has 0 aliphatic carbocycles. The number of allylic oxidation sites excluding steroid dienone is 1. The molecule has 82 valence electrons. The van der Waals surface area contributed by atoms with Crippen molar-refractivity contribution >= 4 is 27.5 Å². The molecular formula is C12H10BrNO2. The van der Waals surface area contributed by atoms with Gasteiger partial charge in [-0.2, -0.15) is 5.26 Å². The van der Waals surface area contributed by atoms with Crippen molar-refractivity contribution in [2.45, 2.75) is 13.3 Å². The summed E-state index contributed by atoms with van der Waals surface area (Å²) in [6.45, 7) is 1.65. The van der Waals surface area contributed by atoms with Crippen LogP contribution in [0, 0.1) is 11.3 Å². The molecular weight excluding hydrogens is 270 g/mol. The van der Waals surface area contributed by atoms with E-state index in [0.29, 0.717) is 5.56 Å². The van der Waals surface area contributed by atoms with Crippen LogP contribution in [0.5, 0.6) is 0 Å². The van der Waals surface area contributed by atoms with Gasteiger partial charge in [0.15, 0.2) is 5.78 Å². The highest BCUT2D eigenvalue weighted by atomic mass is 79.9. The minimum atomic E-state index is -0.358. The van der Waals surface area contributed by atoms with E-state index in [0.717, 1.165) is 4.47 Å². The number of carbonyl (C=O) groups is 1. The van der Waals surface area contributed by atoms with Crippen LogP contribution < -0.4 is 0 Å². The van der Waals surface area contributed by atoms with Gasteiger partial charge in [-0.3, -0.25) is 4.79 Å². The van der Waals surface area contributed by atoms with Crippen LogP contribution in [0.25, 0.3) is 5.76 Å². The summed E-state index contributed by atoms with van der Waals surface area (Å²) in [4.78, 5) is 11.4. The number of aliphatic hydroxyl groups excluding tert-OH is 1. The molecule has 0 spiro atoms. The number of hydrogen-bond acceptors (Lipinski definition) is 3. The average Bonchev–Trinajstić information content (AvgIpc) is 2.30. The highest BCUT2D eigenvalue weighted by molar-refractivity contribution is 9.10. The zero-order valence-electron chi connectivity index (χ0n) is 8.70. The monoisotopic (exact) mass is 279 g/mol. The van der Waals surface area contributed by atoms with Gasteiger partial charge < -0.3 is 5.11 Å². The smallest absolute Gasteiger partial charge is 0.176 e. The SMILES string of the molecule is CCC(=O)/C(C#N)=C(\O)c1ccc(Br)cc1. The number of nitriles is 1. The Balaban J connectivity index is 3.21. The Morgan fingerprint density at radius 1 is 1.44 bits per heavy atom. The average molecular weight is 280 g/mol. The lowest BCUT2D eigenvalue weighted by atomic mass is 10.0. The number of ketones is 1. The number of aliphatic hydroxyl groups is 1. The molecule has 0 heterocycles. The fourth-order valence-corrected chi connectivity index (χ4v) is 1.44. The maximum absolute atomic E-state index is 11.4. The Morgan fingerprint density at radius 3 is 2.44 bits per heavy atom. The van der Waals surface area contributed by atoms with E-state index in [1.807, 2.05) is 0 Å². The summed E-state index contributed by atoms with van der Waals surface area (Å²) in [5, 5.41) is 18.6. The number of carbonyl (C=O) groups excluding carboxylic acids is 1. The standard InChI is InChI=1S/C12H10BrNO2/c1-2-11(15)10(7-14)12(16)8-3-5-9(13)6-4-8/h3-6,16H,2H2,1H3/b12-10-. The molecule has 0 aromatic heterocycles. The molecule has 16 heavy (non-hydrogen) atoms. The summed E-state index contributed by atoms with van der Waals surface area (Å²) in [6, 6.07) is 8.48. The number of hydrogen-bond donors (Lipinski definition) is 1. The molecule has 0 saturated heterocycles. The summed E-state index contributed by atoms with van der Waals surface area (Å²) in [5.41, 5.74) is 0.270. The first-order valence-corrected chi connectivity index (χ1v) is 5.52. The Kier molecular flexibility index (Phi) is 4.27. The van der Waals surface area contributed by atoms with Crippen LogP contribution in [0.3, 0.4) is 0 Å². The molecule has 0 amide bonds. The van der Waals surface area contributed by atoms with E-state index in [2.05, 4.69) is 15.9 Å². The van der Waals surface area contributed by atoms with Gasteiger partial charge >= 0.3 is 0 Å². The van der Waals surface area contributed by atoms with Crippen molar-refractivity contribution in [3.63, 3.8) is 0 Å². The molecule has 0 aliphatic rings. The molecule has 0 saturated carbocycles. The van der Waals surface area contributed by atoms with Gasteiger partial charge in [0.1, 0.15) is 17.4 Å². The molecule has 0 bridgehead atoms. The van der Waals surface area contributed by atoms with Crippen LogP contribution in [0.4, 0.5) is 0 Å². The van der Waals surface area contributed by atoms with Gasteiger partial charge in [-0.05, 0) is 12.1 Å². The van der Waals surface area contributed by atoms with Crippen LogP contribution >= 0.6 is 15.9 Å². The summed E-state index contributed by atoms with van der Waals surface area (Å²) >= 11 is 3.26. The van der Waals surface area contributed by atoms with Crippen molar-refractivity contribution in [1.29, 1.82) is 5.26 Å². The van der Waals surface area contributed by atoms with Crippen LogP contribution in [0.15, 0.2) is 34.3 Å². The van der Waals surface area contributed by atoms with Crippen molar-refractivity contribution < 1.29 is 9.90 Å². The lowest BCUT2D eigenvalue weighted by molar-refractivity contribution is -0.114. The minimum absolute atomic E-state index is 0.190. The maximum atomic E-state index is 11.4. The van der Waals surface area contributed by atoms with Gasteiger partial charge in [0.2, 0.25) is 0 Å². The van der Waals surface area contributed by atoms with Gasteiger partial charge in [-0.25, -0.2) is 0 Å². The molecule has 1 rings (SSSR count). The summed E-state index contributed by atoms with van der Waals surface area (Å²) < 4.78 is 0.865. The Morgan fingerprint density at radius 2 is 2.00 bits per heavy atom. The van der Waals surface area contributed by atoms with E-state index in [1.165, 1.54) is 0 Å². The zero-order valence-corrected chi connectivity index (χ0v) is 10.3. The molecule has 1 aromatic carbocycles. The Bertz CT molecular complexity index is 469. The largest absolute Gasteiger partial charge is 0.506 e. The molecule has 4 heteroatoms. The van der Waals surface area contributed by atoms with E-state index in [1.54, 1.807) is 37.3 Å². The minimum Gasteiger partial charge on any atom is -0.506 e. The lowest BCUT2D eigenvalue weighted by Crippen LogP contribution is -2.02. The first-order valence-electron chi connectivity index (χ1n) is 4.72. The van der Waals surface area contributed by atoms with Gasteiger partial charge in [-0.15, -0.1) is 0 Å². The Hall–Kier alpha value is -1.60. The third kappa shape index (κ3) is 2.71. The lowest BCUT2D eigenvalue weighted by Gasteiger charge is -2.03. The second-order valence-corrected chi connectivity index (χ2v) is 4.03. The first kappa shape index (κ1) is 12.5. The predicted molar refractivity (Wildman–Crippen MR) is 64.6 cm³/mol. The maximum Gasteiger partial charge on any atom is 0.176 e. The molecule has 1 N–H and O–H groups in total. The fraction of sp³-hybridized carbons (Fsp3) is 0.167. The van der Waals surface area contributed by atoms with E-state index in [9.17, 15) is 9.90 Å². The van der Waals surface area contributed by atoms with E-state index in [4.69, 9.17) is 5.26 Å². The third-order valence-corrected chi connectivity index (χ3v) is 2.59. The summed E-state index contributed by atoms with van der Waals surface area (Å²) in [5.74, 6) is -0.621. The van der Waals surface area contributed by atoms with E-state index in [-0.39, 0.29) is 23.5 Å². The van der Waals surface area contributed by atoms with E-state index < -0.39 is 0 Å². The molecule has 1 aromatic rings. The molecule has 0 atom stereocenters. The van der Waals surface area contributed by atoms with Gasteiger partial charge in [0.25, 0.3) is 0 Å². The molecule has 0 radical (unpaired) electrons. The van der Waals surface area contributed by atoms with Crippen LogP contribution in [-0.2, 0) is 4.79 Å². The van der Waals surface area contributed by atoms with Crippen molar-refractivity contribution in [3.8, 4) is 6.07 Å². The second-order valence-electron chi connectivity index (χ2n) is 3.12. The summed E-state index contributed by atoms with van der Waals surface area (Å²) in [7, 11) is 0. The number of halogens is 1. The normalized spacial score (nSPS) is 11.6.